The third-order valence-electron chi connectivity index (χ3n) is 1.28. The number of carbonyl (C=O) groups is 1. The van der Waals surface area contributed by atoms with E-state index in [0.29, 0.717) is 18.8 Å². The Morgan fingerprint density at radius 1 is 1.58 bits per heavy atom. The molecule has 0 aliphatic rings. The fraction of sp³-hybridized carbons (Fsp3) is 0.500. The first-order valence-electron chi connectivity index (χ1n) is 3.73. The zero-order valence-electron chi connectivity index (χ0n) is 7.26. The minimum atomic E-state index is -0.734. The minimum absolute atomic E-state index is 0.0839. The summed E-state index contributed by atoms with van der Waals surface area (Å²) >= 11 is 0. The van der Waals surface area contributed by atoms with Gasteiger partial charge in [-0.2, -0.15) is 5.26 Å². The van der Waals surface area contributed by atoms with E-state index in [1.165, 1.54) is 0 Å². The lowest BCUT2D eigenvalue weighted by atomic mass is 10.2. The Bertz CT molecular complexity index is 238. The molecule has 4 heteroatoms. The highest BCUT2D eigenvalue weighted by Crippen LogP contribution is 2.09. The minimum Gasteiger partial charge on any atom is -0.497 e. The molecule has 0 aliphatic carbocycles. The maximum atomic E-state index is 10.7. The second-order valence-corrected chi connectivity index (χ2v) is 2.06. The molecular weight excluding hydrogens is 156 g/mol. The van der Waals surface area contributed by atoms with Crippen molar-refractivity contribution in [2.45, 2.75) is 20.3 Å². The Labute approximate surface area is 71.6 Å². The van der Waals surface area contributed by atoms with E-state index in [4.69, 9.17) is 15.7 Å². The Kier molecular flexibility index (Phi) is 4.54. The van der Waals surface area contributed by atoms with Gasteiger partial charge >= 0.3 is 0 Å². The first-order chi connectivity index (χ1) is 5.67. The molecule has 0 aromatic heterocycles. The van der Waals surface area contributed by atoms with Gasteiger partial charge in [-0.1, -0.05) is 6.92 Å². The predicted octanol–water partition coefficient (Wildman–Crippen LogP) is 0.696. The van der Waals surface area contributed by atoms with Gasteiger partial charge in [-0.3, -0.25) is 4.79 Å². The number of ether oxygens (including phenoxy) is 1. The Morgan fingerprint density at radius 3 is 2.42 bits per heavy atom. The summed E-state index contributed by atoms with van der Waals surface area (Å²) in [5.74, 6) is -0.365. The normalized spacial score (nSPS) is 11.4. The van der Waals surface area contributed by atoms with Crippen LogP contribution in [0.3, 0.4) is 0 Å². The van der Waals surface area contributed by atoms with Crippen molar-refractivity contribution in [3.8, 4) is 6.07 Å². The number of allylic oxidation sites excluding steroid dienone is 1. The molecule has 0 aromatic rings. The molecule has 0 aromatic carbocycles. The van der Waals surface area contributed by atoms with E-state index in [1.807, 2.05) is 0 Å². The van der Waals surface area contributed by atoms with Crippen LogP contribution in [0.2, 0.25) is 0 Å². The lowest BCUT2D eigenvalue weighted by Crippen LogP contribution is -2.15. The van der Waals surface area contributed by atoms with Crippen LogP contribution < -0.4 is 5.73 Å². The maximum absolute atomic E-state index is 10.7. The van der Waals surface area contributed by atoms with Gasteiger partial charge in [0.15, 0.2) is 5.57 Å². The summed E-state index contributed by atoms with van der Waals surface area (Å²) in [5, 5.41) is 8.54. The van der Waals surface area contributed by atoms with Gasteiger partial charge in [0.1, 0.15) is 11.8 Å². The predicted molar refractivity (Wildman–Crippen MR) is 43.8 cm³/mol. The third kappa shape index (κ3) is 2.62. The van der Waals surface area contributed by atoms with Crippen molar-refractivity contribution in [1.29, 1.82) is 5.26 Å². The number of rotatable bonds is 4. The van der Waals surface area contributed by atoms with Crippen molar-refractivity contribution < 1.29 is 9.53 Å². The number of primary amides is 1. The number of nitriles is 1. The molecule has 1 amide bonds. The molecule has 0 bridgehead atoms. The smallest absolute Gasteiger partial charge is 0.262 e. The van der Waals surface area contributed by atoms with Crippen molar-refractivity contribution in [1.82, 2.24) is 0 Å². The molecule has 2 N–H and O–H groups in total. The summed E-state index contributed by atoms with van der Waals surface area (Å²) in [5.41, 5.74) is 4.87. The van der Waals surface area contributed by atoms with Gasteiger partial charge < -0.3 is 10.5 Å². The summed E-state index contributed by atoms with van der Waals surface area (Å²) in [6, 6.07) is 1.72. The van der Waals surface area contributed by atoms with E-state index < -0.39 is 5.91 Å². The van der Waals surface area contributed by atoms with E-state index in [1.54, 1.807) is 19.9 Å². The first-order valence-corrected chi connectivity index (χ1v) is 3.73. The summed E-state index contributed by atoms with van der Waals surface area (Å²) in [6.45, 7) is 4.01. The van der Waals surface area contributed by atoms with Gasteiger partial charge in [0.2, 0.25) is 0 Å². The standard InChI is InChI=1S/C8H12N2O2/c1-3-7(12-4-2)6(5-9)8(10)11/h3-4H2,1-2H3,(H2,10,11)/b7-6+. The number of amides is 1. The second kappa shape index (κ2) is 5.19. The van der Waals surface area contributed by atoms with Crippen LogP contribution in [0.5, 0.6) is 0 Å². The Hall–Kier alpha value is -1.50. The number of nitrogens with zero attached hydrogens (tertiary/aromatic N) is 1. The quantitative estimate of drug-likeness (QED) is 0.381. The largest absolute Gasteiger partial charge is 0.497 e. The van der Waals surface area contributed by atoms with E-state index in [2.05, 4.69) is 0 Å². The van der Waals surface area contributed by atoms with Gasteiger partial charge in [-0.05, 0) is 6.92 Å². The SMILES string of the molecule is CCO/C(CC)=C(\C#N)C(N)=O. The summed E-state index contributed by atoms with van der Waals surface area (Å²) in [6.07, 6.45) is 0.500. The first kappa shape index (κ1) is 10.5. The zero-order valence-corrected chi connectivity index (χ0v) is 7.26. The molecule has 0 spiro atoms. The lowest BCUT2D eigenvalue weighted by molar-refractivity contribution is -0.114. The molecule has 0 rings (SSSR count). The Balaban J connectivity index is 4.77. The molecule has 0 radical (unpaired) electrons. The van der Waals surface area contributed by atoms with Crippen LogP contribution in [0.15, 0.2) is 11.3 Å². The summed E-state index contributed by atoms with van der Waals surface area (Å²) in [4.78, 5) is 10.7. The Morgan fingerprint density at radius 2 is 2.17 bits per heavy atom. The highest BCUT2D eigenvalue weighted by Gasteiger charge is 2.11. The number of hydrogen-bond donors (Lipinski definition) is 1. The van der Waals surface area contributed by atoms with E-state index in [0.717, 1.165) is 0 Å². The van der Waals surface area contributed by atoms with Crippen molar-refractivity contribution >= 4 is 5.91 Å². The summed E-state index contributed by atoms with van der Waals surface area (Å²) < 4.78 is 5.06. The van der Waals surface area contributed by atoms with Gasteiger partial charge in [0.25, 0.3) is 5.91 Å². The van der Waals surface area contributed by atoms with Crippen LogP contribution in [0, 0.1) is 11.3 Å². The zero-order chi connectivity index (χ0) is 9.56. The number of nitrogens with two attached hydrogens (primary N) is 1. The topological polar surface area (TPSA) is 76.1 Å². The molecule has 0 aliphatic heterocycles. The number of carbonyl (C=O) groups excluding carboxylic acids is 1. The van der Waals surface area contributed by atoms with E-state index in [9.17, 15) is 4.79 Å². The van der Waals surface area contributed by atoms with Crippen LogP contribution in [0.1, 0.15) is 20.3 Å². The molecule has 0 saturated heterocycles. The fourth-order valence-corrected chi connectivity index (χ4v) is 0.780. The van der Waals surface area contributed by atoms with Crippen LogP contribution in [0.4, 0.5) is 0 Å². The van der Waals surface area contributed by atoms with Crippen LogP contribution in [0.25, 0.3) is 0 Å². The fourth-order valence-electron chi connectivity index (χ4n) is 0.780. The molecule has 0 unspecified atom stereocenters. The molecule has 12 heavy (non-hydrogen) atoms. The molecule has 0 saturated carbocycles. The molecule has 0 atom stereocenters. The van der Waals surface area contributed by atoms with Crippen molar-refractivity contribution in [2.75, 3.05) is 6.61 Å². The van der Waals surface area contributed by atoms with Gasteiger partial charge in [0.05, 0.1) is 6.61 Å². The van der Waals surface area contributed by atoms with Crippen LogP contribution in [-0.2, 0) is 9.53 Å². The molecule has 4 nitrogen and oxygen atoms in total. The average Bonchev–Trinajstić information content (AvgIpc) is 2.03. The van der Waals surface area contributed by atoms with Crippen LogP contribution >= 0.6 is 0 Å². The highest BCUT2D eigenvalue weighted by atomic mass is 16.5. The van der Waals surface area contributed by atoms with Crippen molar-refractivity contribution in [3.05, 3.63) is 11.3 Å². The van der Waals surface area contributed by atoms with Crippen LogP contribution in [-0.4, -0.2) is 12.5 Å². The second-order valence-electron chi connectivity index (χ2n) is 2.06. The third-order valence-corrected chi connectivity index (χ3v) is 1.28. The molecular formula is C8H12N2O2. The maximum Gasteiger partial charge on any atom is 0.262 e. The van der Waals surface area contributed by atoms with E-state index >= 15 is 0 Å². The summed E-state index contributed by atoms with van der Waals surface area (Å²) in [7, 11) is 0. The van der Waals surface area contributed by atoms with Gasteiger partial charge in [-0.25, -0.2) is 0 Å². The highest BCUT2D eigenvalue weighted by molar-refractivity contribution is 5.96. The molecule has 0 heterocycles. The van der Waals surface area contributed by atoms with Crippen molar-refractivity contribution in [3.63, 3.8) is 0 Å². The van der Waals surface area contributed by atoms with E-state index in [-0.39, 0.29) is 5.57 Å². The van der Waals surface area contributed by atoms with Gasteiger partial charge in [0, 0.05) is 6.42 Å². The lowest BCUT2D eigenvalue weighted by Gasteiger charge is -2.06. The van der Waals surface area contributed by atoms with Crippen molar-refractivity contribution in [2.24, 2.45) is 5.73 Å². The average molecular weight is 168 g/mol. The molecule has 0 fully saturated rings. The number of hydrogen-bond acceptors (Lipinski definition) is 3. The van der Waals surface area contributed by atoms with Gasteiger partial charge in [-0.15, -0.1) is 0 Å². The monoisotopic (exact) mass is 168 g/mol. The molecule has 66 valence electrons.